The Kier molecular flexibility index (Phi) is 5.56. The molecule has 2 rings (SSSR count). The first-order chi connectivity index (χ1) is 11.2. The SMILES string of the molecule is CC(C)(NC(=O)c1ccc(F)cc1)C(=O)N[C@@H]1CCC[C@@H](O)[C@@H]1O. The van der Waals surface area contributed by atoms with E-state index in [2.05, 4.69) is 10.6 Å². The number of halogens is 1. The minimum absolute atomic E-state index is 0.241. The number of amides is 2. The van der Waals surface area contributed by atoms with E-state index in [-0.39, 0.29) is 5.56 Å². The zero-order chi connectivity index (χ0) is 17.9. The maximum atomic E-state index is 12.9. The first kappa shape index (κ1) is 18.4. The third kappa shape index (κ3) is 4.30. The predicted octanol–water partition coefficient (Wildman–Crippen LogP) is 0.725. The highest BCUT2D eigenvalue weighted by Gasteiger charge is 2.36. The van der Waals surface area contributed by atoms with Crippen LogP contribution in [0, 0.1) is 5.82 Å². The van der Waals surface area contributed by atoms with Gasteiger partial charge in [0, 0.05) is 5.56 Å². The number of aliphatic hydroxyl groups is 2. The lowest BCUT2D eigenvalue weighted by atomic mass is 9.89. The van der Waals surface area contributed by atoms with Crippen molar-refractivity contribution < 1.29 is 24.2 Å². The zero-order valence-electron chi connectivity index (χ0n) is 13.8. The number of carbonyl (C=O) groups excluding carboxylic acids is 2. The van der Waals surface area contributed by atoms with Gasteiger partial charge in [-0.1, -0.05) is 0 Å². The molecule has 24 heavy (non-hydrogen) atoms. The molecule has 1 aliphatic rings. The Balaban J connectivity index is 1.99. The largest absolute Gasteiger partial charge is 0.390 e. The minimum atomic E-state index is -1.23. The molecule has 1 fully saturated rings. The van der Waals surface area contributed by atoms with E-state index in [1.807, 2.05) is 0 Å². The summed E-state index contributed by atoms with van der Waals surface area (Å²) in [4.78, 5) is 24.6. The van der Waals surface area contributed by atoms with E-state index in [0.717, 1.165) is 0 Å². The molecule has 3 atom stereocenters. The van der Waals surface area contributed by atoms with Gasteiger partial charge < -0.3 is 20.8 Å². The molecule has 0 spiro atoms. The van der Waals surface area contributed by atoms with Gasteiger partial charge in [0.15, 0.2) is 0 Å². The van der Waals surface area contributed by atoms with Crippen molar-refractivity contribution in [3.8, 4) is 0 Å². The Morgan fingerprint density at radius 1 is 1.17 bits per heavy atom. The Bertz CT molecular complexity index is 603. The number of rotatable bonds is 4. The second-order valence-electron chi connectivity index (χ2n) is 6.65. The summed E-state index contributed by atoms with van der Waals surface area (Å²) in [5, 5.41) is 24.9. The molecule has 0 aromatic heterocycles. The minimum Gasteiger partial charge on any atom is -0.390 e. The van der Waals surface area contributed by atoms with Crippen molar-refractivity contribution in [1.82, 2.24) is 10.6 Å². The van der Waals surface area contributed by atoms with Crippen molar-refractivity contribution in [2.24, 2.45) is 0 Å². The van der Waals surface area contributed by atoms with Crippen LogP contribution in [0.1, 0.15) is 43.5 Å². The van der Waals surface area contributed by atoms with Crippen LogP contribution in [0.4, 0.5) is 4.39 Å². The summed E-state index contributed by atoms with van der Waals surface area (Å²) in [6.07, 6.45) is -0.123. The van der Waals surface area contributed by atoms with Gasteiger partial charge in [-0.2, -0.15) is 0 Å². The highest BCUT2D eigenvalue weighted by atomic mass is 19.1. The molecular weight excluding hydrogens is 315 g/mol. The van der Waals surface area contributed by atoms with Crippen LogP contribution in [0.15, 0.2) is 24.3 Å². The van der Waals surface area contributed by atoms with E-state index >= 15 is 0 Å². The zero-order valence-corrected chi connectivity index (χ0v) is 13.8. The van der Waals surface area contributed by atoms with Gasteiger partial charge in [0.25, 0.3) is 5.91 Å². The second kappa shape index (κ2) is 7.27. The molecule has 0 unspecified atom stereocenters. The molecule has 1 saturated carbocycles. The molecule has 0 saturated heterocycles. The number of aliphatic hydroxyl groups excluding tert-OH is 2. The molecule has 1 aromatic rings. The highest BCUT2D eigenvalue weighted by Crippen LogP contribution is 2.20. The molecule has 4 N–H and O–H groups in total. The summed E-state index contributed by atoms with van der Waals surface area (Å²) in [6.45, 7) is 3.07. The fourth-order valence-electron chi connectivity index (χ4n) is 2.68. The number of benzene rings is 1. The fraction of sp³-hybridized carbons (Fsp3) is 0.529. The molecular formula is C17H23FN2O4. The van der Waals surface area contributed by atoms with Crippen molar-refractivity contribution in [2.75, 3.05) is 0 Å². The molecule has 0 aliphatic heterocycles. The molecule has 0 bridgehead atoms. The fourth-order valence-corrected chi connectivity index (χ4v) is 2.68. The summed E-state index contributed by atoms with van der Waals surface area (Å²) in [7, 11) is 0. The van der Waals surface area contributed by atoms with E-state index in [0.29, 0.717) is 19.3 Å². The molecule has 0 heterocycles. The van der Waals surface area contributed by atoms with E-state index in [9.17, 15) is 24.2 Å². The average molecular weight is 338 g/mol. The Hall–Kier alpha value is -1.99. The smallest absolute Gasteiger partial charge is 0.252 e. The summed E-state index contributed by atoms with van der Waals surface area (Å²) in [5.41, 5.74) is -0.987. The lowest BCUT2D eigenvalue weighted by molar-refractivity contribution is -0.129. The summed E-state index contributed by atoms with van der Waals surface area (Å²) in [5.74, 6) is -1.41. The van der Waals surface area contributed by atoms with Gasteiger partial charge >= 0.3 is 0 Å². The third-order valence-electron chi connectivity index (χ3n) is 4.24. The molecule has 132 valence electrons. The first-order valence-electron chi connectivity index (χ1n) is 7.96. The van der Waals surface area contributed by atoms with Crippen molar-refractivity contribution >= 4 is 11.8 Å². The molecule has 1 aliphatic carbocycles. The maximum absolute atomic E-state index is 12.9. The quantitative estimate of drug-likeness (QED) is 0.650. The lowest BCUT2D eigenvalue weighted by Gasteiger charge is -2.35. The first-order valence-corrected chi connectivity index (χ1v) is 7.96. The van der Waals surface area contributed by atoms with E-state index < -0.39 is 41.4 Å². The summed E-state index contributed by atoms with van der Waals surface area (Å²) >= 11 is 0. The van der Waals surface area contributed by atoms with Crippen LogP contribution in [-0.4, -0.2) is 45.8 Å². The number of carbonyl (C=O) groups is 2. The van der Waals surface area contributed by atoms with Crippen molar-refractivity contribution in [3.63, 3.8) is 0 Å². The number of hydrogen-bond donors (Lipinski definition) is 4. The normalized spacial score (nSPS) is 24.3. The highest BCUT2D eigenvalue weighted by molar-refractivity contribution is 5.98. The Labute approximate surface area is 140 Å². The molecule has 2 amide bonds. The summed E-state index contributed by atoms with van der Waals surface area (Å²) in [6, 6.07) is 4.45. The van der Waals surface area contributed by atoms with Gasteiger partial charge in [-0.15, -0.1) is 0 Å². The van der Waals surface area contributed by atoms with Crippen LogP contribution in [0.3, 0.4) is 0 Å². The monoisotopic (exact) mass is 338 g/mol. The standard InChI is InChI=1S/C17H23FN2O4/c1-17(2,20-15(23)10-6-8-11(18)9-7-10)16(24)19-12-4-3-5-13(21)14(12)22/h6-9,12-14,21-22H,3-5H2,1-2H3,(H,19,24)(H,20,23)/t12-,13-,14-/m1/s1. The topological polar surface area (TPSA) is 98.7 Å². The van der Waals surface area contributed by atoms with Crippen LogP contribution in [0.2, 0.25) is 0 Å². The van der Waals surface area contributed by atoms with Crippen LogP contribution < -0.4 is 10.6 Å². The molecule has 1 aromatic carbocycles. The van der Waals surface area contributed by atoms with Gasteiger partial charge in [0.2, 0.25) is 5.91 Å². The van der Waals surface area contributed by atoms with Crippen LogP contribution in [0.5, 0.6) is 0 Å². The molecule has 7 heteroatoms. The van der Waals surface area contributed by atoms with E-state index in [1.54, 1.807) is 0 Å². The van der Waals surface area contributed by atoms with Crippen LogP contribution in [0.25, 0.3) is 0 Å². The Morgan fingerprint density at radius 3 is 2.42 bits per heavy atom. The third-order valence-corrected chi connectivity index (χ3v) is 4.24. The molecule has 0 radical (unpaired) electrons. The van der Waals surface area contributed by atoms with Gasteiger partial charge in [-0.3, -0.25) is 9.59 Å². The average Bonchev–Trinajstić information content (AvgIpc) is 2.52. The van der Waals surface area contributed by atoms with E-state index in [1.165, 1.54) is 38.1 Å². The number of hydrogen-bond acceptors (Lipinski definition) is 4. The maximum Gasteiger partial charge on any atom is 0.252 e. The predicted molar refractivity (Wildman–Crippen MR) is 85.7 cm³/mol. The lowest BCUT2D eigenvalue weighted by Crippen LogP contribution is -2.60. The van der Waals surface area contributed by atoms with Gasteiger partial charge in [0.05, 0.1) is 18.2 Å². The Morgan fingerprint density at radius 2 is 1.79 bits per heavy atom. The number of nitrogens with one attached hydrogen (secondary N) is 2. The van der Waals surface area contributed by atoms with Gasteiger partial charge in [0.1, 0.15) is 11.4 Å². The second-order valence-corrected chi connectivity index (χ2v) is 6.65. The van der Waals surface area contributed by atoms with Crippen molar-refractivity contribution in [2.45, 2.75) is 56.9 Å². The van der Waals surface area contributed by atoms with Crippen LogP contribution in [-0.2, 0) is 4.79 Å². The van der Waals surface area contributed by atoms with E-state index in [4.69, 9.17) is 0 Å². The van der Waals surface area contributed by atoms with Crippen molar-refractivity contribution in [1.29, 1.82) is 0 Å². The molecule has 6 nitrogen and oxygen atoms in total. The van der Waals surface area contributed by atoms with Crippen molar-refractivity contribution in [3.05, 3.63) is 35.6 Å². The van der Waals surface area contributed by atoms with Gasteiger partial charge in [-0.05, 0) is 57.4 Å². The summed E-state index contributed by atoms with van der Waals surface area (Å²) < 4.78 is 12.9. The van der Waals surface area contributed by atoms with Crippen LogP contribution >= 0.6 is 0 Å². The van der Waals surface area contributed by atoms with Gasteiger partial charge in [-0.25, -0.2) is 4.39 Å².